The molecule has 0 aliphatic carbocycles. The van der Waals surface area contributed by atoms with Gasteiger partial charge in [-0.05, 0) is 45.0 Å². The van der Waals surface area contributed by atoms with Gasteiger partial charge in [-0.25, -0.2) is 18.1 Å². The molecule has 4 aromatic rings. The first kappa shape index (κ1) is 27.5. The molecule has 1 aliphatic rings. The van der Waals surface area contributed by atoms with E-state index in [9.17, 15) is 8.42 Å². The van der Waals surface area contributed by atoms with Crippen LogP contribution in [0.3, 0.4) is 0 Å². The first-order valence-electron chi connectivity index (χ1n) is 12.7. The van der Waals surface area contributed by atoms with Crippen LogP contribution in [-0.2, 0) is 14.8 Å². The molecule has 12 heteroatoms. The van der Waals surface area contributed by atoms with E-state index in [1.165, 1.54) is 0 Å². The third-order valence-electron chi connectivity index (χ3n) is 6.35. The Kier molecular flexibility index (Phi) is 7.46. The van der Waals surface area contributed by atoms with Gasteiger partial charge in [0.25, 0.3) is 0 Å². The standard InChI is InChI=1S/C28H31N7O4S/c1-19-21-18-30-35(24(21)16-23(31-19)22-17-29-9-7-25(22)38-4)27-15-20(6-8-28(2,3)33-40(5,36)37)14-26(32-27)34-10-12-39-13-11-34/h7,9,14-18,33H,10-13H2,1-5H3. The minimum atomic E-state index is -3.44. The molecule has 0 atom stereocenters. The van der Waals surface area contributed by atoms with Gasteiger partial charge in [0.05, 0.1) is 55.1 Å². The zero-order chi connectivity index (χ0) is 28.5. The lowest BCUT2D eigenvalue weighted by Crippen LogP contribution is -2.41. The van der Waals surface area contributed by atoms with Crippen molar-refractivity contribution in [3.05, 3.63) is 54.1 Å². The molecule has 5 rings (SSSR count). The molecule has 0 saturated carbocycles. The number of nitrogens with zero attached hydrogens (tertiary/aromatic N) is 6. The van der Waals surface area contributed by atoms with E-state index < -0.39 is 15.6 Å². The maximum atomic E-state index is 11.8. The molecule has 0 amide bonds. The summed E-state index contributed by atoms with van der Waals surface area (Å²) in [6.45, 7) is 7.96. The highest BCUT2D eigenvalue weighted by molar-refractivity contribution is 7.88. The second-order valence-electron chi connectivity index (χ2n) is 10.1. The highest BCUT2D eigenvalue weighted by atomic mass is 32.2. The number of rotatable bonds is 6. The molecular formula is C28H31N7O4S. The van der Waals surface area contributed by atoms with E-state index in [0.29, 0.717) is 49.1 Å². The van der Waals surface area contributed by atoms with E-state index in [0.717, 1.165) is 34.2 Å². The van der Waals surface area contributed by atoms with Crippen molar-refractivity contribution in [1.29, 1.82) is 0 Å². The molecular weight excluding hydrogens is 530 g/mol. The zero-order valence-electron chi connectivity index (χ0n) is 23.1. The molecule has 11 nitrogen and oxygen atoms in total. The SMILES string of the molecule is COc1ccncc1-c1cc2c(cnn2-c2cc(C#CC(C)(C)NS(C)(=O)=O)cc(N3CCOCC3)n2)c(C)n1. The highest BCUT2D eigenvalue weighted by Crippen LogP contribution is 2.31. The summed E-state index contributed by atoms with van der Waals surface area (Å²) in [6, 6.07) is 7.50. The largest absolute Gasteiger partial charge is 0.496 e. The summed E-state index contributed by atoms with van der Waals surface area (Å²) >= 11 is 0. The second-order valence-corrected chi connectivity index (χ2v) is 11.8. The third kappa shape index (κ3) is 6.07. The van der Waals surface area contributed by atoms with Crippen LogP contribution in [0, 0.1) is 18.8 Å². The number of methoxy groups -OCH3 is 1. The smallest absolute Gasteiger partial charge is 0.209 e. The van der Waals surface area contributed by atoms with Crippen LogP contribution in [-0.4, -0.2) is 78.4 Å². The summed E-state index contributed by atoms with van der Waals surface area (Å²) in [7, 11) is -1.82. The summed E-state index contributed by atoms with van der Waals surface area (Å²) in [5, 5.41) is 5.56. The van der Waals surface area contributed by atoms with Gasteiger partial charge in [0.1, 0.15) is 11.6 Å². The molecule has 0 spiro atoms. The molecule has 5 heterocycles. The van der Waals surface area contributed by atoms with E-state index in [2.05, 4.69) is 31.5 Å². The zero-order valence-corrected chi connectivity index (χ0v) is 23.9. The Hall–Kier alpha value is -4.05. The van der Waals surface area contributed by atoms with Gasteiger partial charge in [-0.15, -0.1) is 0 Å². The van der Waals surface area contributed by atoms with Crippen LogP contribution >= 0.6 is 0 Å². The monoisotopic (exact) mass is 561 g/mol. The minimum Gasteiger partial charge on any atom is -0.496 e. The predicted octanol–water partition coefficient (Wildman–Crippen LogP) is 2.71. The van der Waals surface area contributed by atoms with Crippen molar-refractivity contribution >= 4 is 26.7 Å². The van der Waals surface area contributed by atoms with Crippen molar-refractivity contribution in [3.8, 4) is 34.7 Å². The van der Waals surface area contributed by atoms with Crippen LogP contribution < -0.4 is 14.4 Å². The predicted molar refractivity (Wildman–Crippen MR) is 153 cm³/mol. The van der Waals surface area contributed by atoms with Gasteiger partial charge < -0.3 is 14.4 Å². The number of aryl methyl sites for hydroxylation is 1. The summed E-state index contributed by atoms with van der Waals surface area (Å²) < 4.78 is 39.0. The highest BCUT2D eigenvalue weighted by Gasteiger charge is 2.20. The van der Waals surface area contributed by atoms with Crippen molar-refractivity contribution in [2.45, 2.75) is 26.3 Å². The summed E-state index contributed by atoms with van der Waals surface area (Å²) in [5.74, 6) is 8.18. The summed E-state index contributed by atoms with van der Waals surface area (Å²) in [5.41, 5.74) is 2.81. The van der Waals surface area contributed by atoms with E-state index in [1.807, 2.05) is 25.1 Å². The number of fused-ring (bicyclic) bond motifs is 1. The molecule has 1 aliphatic heterocycles. The van der Waals surface area contributed by atoms with Crippen LogP contribution in [0.1, 0.15) is 25.1 Å². The fourth-order valence-corrected chi connectivity index (χ4v) is 5.58. The van der Waals surface area contributed by atoms with Crippen molar-refractivity contribution < 1.29 is 17.9 Å². The number of hydrogen-bond acceptors (Lipinski definition) is 9. The van der Waals surface area contributed by atoms with E-state index >= 15 is 0 Å². The molecule has 208 valence electrons. The minimum absolute atomic E-state index is 0.576. The van der Waals surface area contributed by atoms with Gasteiger partial charge in [-0.2, -0.15) is 9.82 Å². The first-order valence-corrected chi connectivity index (χ1v) is 14.6. The molecule has 0 radical (unpaired) electrons. The van der Waals surface area contributed by atoms with Gasteiger partial charge in [-0.1, -0.05) is 11.8 Å². The quantitative estimate of drug-likeness (QED) is 0.354. The molecule has 4 aromatic heterocycles. The summed E-state index contributed by atoms with van der Waals surface area (Å²) in [4.78, 5) is 16.1. The maximum absolute atomic E-state index is 11.8. The van der Waals surface area contributed by atoms with Crippen LogP contribution in [0.4, 0.5) is 5.82 Å². The number of anilines is 1. The van der Waals surface area contributed by atoms with Gasteiger partial charge >= 0.3 is 0 Å². The molecule has 1 fully saturated rings. The Morgan fingerprint density at radius 2 is 1.85 bits per heavy atom. The second kappa shape index (κ2) is 10.8. The van der Waals surface area contributed by atoms with Gasteiger partial charge in [0.15, 0.2) is 5.82 Å². The molecule has 1 N–H and O–H groups in total. The molecule has 0 bridgehead atoms. The van der Waals surface area contributed by atoms with Gasteiger partial charge in [0.2, 0.25) is 10.0 Å². The number of morpholine rings is 1. The number of nitrogens with one attached hydrogen (secondary N) is 1. The average Bonchev–Trinajstić information content (AvgIpc) is 3.36. The van der Waals surface area contributed by atoms with Crippen LogP contribution in [0.2, 0.25) is 0 Å². The van der Waals surface area contributed by atoms with Crippen LogP contribution in [0.5, 0.6) is 5.75 Å². The average molecular weight is 562 g/mol. The molecule has 40 heavy (non-hydrogen) atoms. The van der Waals surface area contributed by atoms with Gasteiger partial charge in [-0.3, -0.25) is 9.97 Å². The fraction of sp³-hybridized carbons (Fsp3) is 0.357. The fourth-order valence-electron chi connectivity index (χ4n) is 4.61. The topological polar surface area (TPSA) is 124 Å². The van der Waals surface area contributed by atoms with Crippen LogP contribution in [0.15, 0.2) is 42.9 Å². The van der Waals surface area contributed by atoms with Gasteiger partial charge in [0, 0.05) is 42.1 Å². The number of hydrogen-bond donors (Lipinski definition) is 1. The molecule has 0 unspecified atom stereocenters. The van der Waals surface area contributed by atoms with E-state index in [1.54, 1.807) is 50.3 Å². The number of ether oxygens (including phenoxy) is 2. The Balaban J connectivity index is 1.65. The Morgan fingerprint density at radius 3 is 2.58 bits per heavy atom. The lowest BCUT2D eigenvalue weighted by atomic mass is 10.1. The van der Waals surface area contributed by atoms with E-state index in [4.69, 9.17) is 19.4 Å². The third-order valence-corrected chi connectivity index (χ3v) is 7.23. The Bertz CT molecular complexity index is 1730. The number of sulfonamides is 1. The van der Waals surface area contributed by atoms with Crippen molar-refractivity contribution in [2.75, 3.05) is 44.6 Å². The molecule has 0 aromatic carbocycles. The van der Waals surface area contributed by atoms with Crippen LogP contribution in [0.25, 0.3) is 28.0 Å². The normalized spacial score (nSPS) is 14.2. The Labute approximate surface area is 233 Å². The Morgan fingerprint density at radius 1 is 1.10 bits per heavy atom. The lowest BCUT2D eigenvalue weighted by Gasteiger charge is -2.28. The molecule has 1 saturated heterocycles. The number of aromatic nitrogens is 5. The number of pyridine rings is 3. The van der Waals surface area contributed by atoms with Crippen molar-refractivity contribution in [3.63, 3.8) is 0 Å². The maximum Gasteiger partial charge on any atom is 0.209 e. The lowest BCUT2D eigenvalue weighted by molar-refractivity contribution is 0.122. The van der Waals surface area contributed by atoms with Crippen molar-refractivity contribution in [2.24, 2.45) is 0 Å². The van der Waals surface area contributed by atoms with Crippen molar-refractivity contribution in [1.82, 2.24) is 29.5 Å². The summed E-state index contributed by atoms with van der Waals surface area (Å²) in [6.07, 6.45) is 6.29. The first-order chi connectivity index (χ1) is 19.0. The van der Waals surface area contributed by atoms with E-state index in [-0.39, 0.29) is 0 Å².